The predicted molar refractivity (Wildman–Crippen MR) is 140 cm³/mol. The third-order valence-corrected chi connectivity index (χ3v) is 7.09. The van der Waals surface area contributed by atoms with E-state index in [2.05, 4.69) is 74.4 Å². The molecule has 0 radical (unpaired) electrons. The van der Waals surface area contributed by atoms with Gasteiger partial charge in [0.2, 0.25) is 0 Å². The molecule has 0 bridgehead atoms. The van der Waals surface area contributed by atoms with Crippen LogP contribution in [0.25, 0.3) is 0 Å². The molecule has 1 aromatic rings. The lowest BCUT2D eigenvalue weighted by atomic mass is 9.71. The van der Waals surface area contributed by atoms with Crippen molar-refractivity contribution in [1.29, 1.82) is 0 Å². The smallest absolute Gasteiger partial charge is 0.122 e. The summed E-state index contributed by atoms with van der Waals surface area (Å²) >= 11 is 0. The molecule has 2 unspecified atom stereocenters. The second kappa shape index (κ2) is 12.9. The molecule has 0 aromatic heterocycles. The van der Waals surface area contributed by atoms with Crippen LogP contribution in [0.2, 0.25) is 0 Å². The van der Waals surface area contributed by atoms with Gasteiger partial charge in [-0.1, -0.05) is 126 Å². The highest BCUT2D eigenvalue weighted by Crippen LogP contribution is 2.43. The SMILES string of the molecule is CCCCCCCCCCC(C)c1cc(C(C)(C)CC(C)(C)C)cc(C(C)CC)c1O. The zero-order valence-electron chi connectivity index (χ0n) is 22.5. The van der Waals surface area contributed by atoms with Gasteiger partial charge in [0, 0.05) is 0 Å². The molecule has 0 fully saturated rings. The fraction of sp³-hybridized carbons (Fsp3) is 0.800. The van der Waals surface area contributed by atoms with Crippen LogP contribution >= 0.6 is 0 Å². The third kappa shape index (κ3) is 9.58. The monoisotopic (exact) mass is 430 g/mol. The third-order valence-electron chi connectivity index (χ3n) is 7.09. The maximum Gasteiger partial charge on any atom is 0.122 e. The molecule has 2 atom stereocenters. The van der Waals surface area contributed by atoms with Crippen molar-refractivity contribution in [3.8, 4) is 5.75 Å². The molecule has 0 amide bonds. The van der Waals surface area contributed by atoms with E-state index >= 15 is 0 Å². The van der Waals surface area contributed by atoms with Crippen LogP contribution in [0.5, 0.6) is 5.75 Å². The van der Waals surface area contributed by atoms with E-state index < -0.39 is 0 Å². The van der Waals surface area contributed by atoms with E-state index in [1.54, 1.807) is 0 Å². The molecule has 1 aromatic carbocycles. The highest BCUT2D eigenvalue weighted by Gasteiger charge is 2.30. The molecule has 0 saturated carbocycles. The Hall–Kier alpha value is -0.980. The summed E-state index contributed by atoms with van der Waals surface area (Å²) in [6, 6.07) is 4.64. The van der Waals surface area contributed by atoms with Crippen LogP contribution in [0.15, 0.2) is 12.1 Å². The van der Waals surface area contributed by atoms with Crippen molar-refractivity contribution in [3.05, 3.63) is 28.8 Å². The second-order valence-electron chi connectivity index (χ2n) is 12.1. The molecule has 1 nitrogen and oxygen atoms in total. The molecule has 1 rings (SSSR count). The molecule has 1 N–H and O–H groups in total. The lowest BCUT2D eigenvalue weighted by Gasteiger charge is -2.34. The number of hydrogen-bond donors (Lipinski definition) is 1. The number of phenolic OH excluding ortho intramolecular Hbond substituents is 1. The molecule has 0 heterocycles. The van der Waals surface area contributed by atoms with Crippen LogP contribution in [-0.4, -0.2) is 5.11 Å². The molecular weight excluding hydrogens is 376 g/mol. The Morgan fingerprint density at radius 3 is 1.71 bits per heavy atom. The van der Waals surface area contributed by atoms with Gasteiger partial charge >= 0.3 is 0 Å². The Morgan fingerprint density at radius 2 is 1.23 bits per heavy atom. The normalized spacial score (nSPS) is 14.6. The Morgan fingerprint density at radius 1 is 0.742 bits per heavy atom. The van der Waals surface area contributed by atoms with Gasteiger partial charge in [-0.2, -0.15) is 0 Å². The van der Waals surface area contributed by atoms with E-state index in [0.29, 0.717) is 17.6 Å². The van der Waals surface area contributed by atoms with Gasteiger partial charge in [-0.3, -0.25) is 0 Å². The first-order valence-electron chi connectivity index (χ1n) is 13.3. The van der Waals surface area contributed by atoms with Gasteiger partial charge < -0.3 is 5.11 Å². The van der Waals surface area contributed by atoms with Crippen molar-refractivity contribution in [2.24, 2.45) is 5.41 Å². The van der Waals surface area contributed by atoms with Gasteiger partial charge in [0.05, 0.1) is 0 Å². The summed E-state index contributed by atoms with van der Waals surface area (Å²) in [5, 5.41) is 11.2. The van der Waals surface area contributed by atoms with Crippen LogP contribution in [0, 0.1) is 5.41 Å². The summed E-state index contributed by atoms with van der Waals surface area (Å²) in [6.07, 6.45) is 14.2. The number of rotatable bonds is 14. The molecule has 0 aliphatic carbocycles. The van der Waals surface area contributed by atoms with E-state index in [-0.39, 0.29) is 10.8 Å². The summed E-state index contributed by atoms with van der Waals surface area (Å²) in [5.41, 5.74) is 4.10. The molecule has 0 spiro atoms. The lowest BCUT2D eigenvalue weighted by Crippen LogP contribution is -2.25. The first-order chi connectivity index (χ1) is 14.4. The van der Waals surface area contributed by atoms with Crippen LogP contribution in [0.1, 0.15) is 161 Å². The molecular formula is C30H54O. The minimum atomic E-state index is 0.0983. The van der Waals surface area contributed by atoms with Crippen molar-refractivity contribution in [1.82, 2.24) is 0 Å². The molecule has 180 valence electrons. The second-order valence-corrected chi connectivity index (χ2v) is 12.1. The number of hydrogen-bond acceptors (Lipinski definition) is 1. The average molecular weight is 431 g/mol. The van der Waals surface area contributed by atoms with Crippen molar-refractivity contribution in [2.45, 2.75) is 150 Å². The quantitative estimate of drug-likeness (QED) is 0.291. The topological polar surface area (TPSA) is 20.2 Å². The summed E-state index contributed by atoms with van der Waals surface area (Å²) in [5.74, 6) is 1.37. The number of aromatic hydroxyl groups is 1. The highest BCUT2D eigenvalue weighted by molar-refractivity contribution is 5.49. The van der Waals surface area contributed by atoms with Crippen molar-refractivity contribution in [3.63, 3.8) is 0 Å². The minimum Gasteiger partial charge on any atom is -0.507 e. The number of phenols is 1. The van der Waals surface area contributed by atoms with Crippen LogP contribution in [0.3, 0.4) is 0 Å². The largest absolute Gasteiger partial charge is 0.507 e. The summed E-state index contributed by atoms with van der Waals surface area (Å²) in [6.45, 7) is 20.8. The zero-order chi connectivity index (χ0) is 23.7. The Bertz CT molecular complexity index is 635. The van der Waals surface area contributed by atoms with E-state index in [0.717, 1.165) is 18.4 Å². The van der Waals surface area contributed by atoms with Crippen LogP contribution < -0.4 is 0 Å². The average Bonchev–Trinajstić information content (AvgIpc) is 2.67. The fourth-order valence-electron chi connectivity index (χ4n) is 5.21. The van der Waals surface area contributed by atoms with E-state index in [9.17, 15) is 5.11 Å². The maximum absolute atomic E-state index is 11.2. The Kier molecular flexibility index (Phi) is 11.7. The standard InChI is InChI=1S/C30H54O/c1-10-12-13-14-15-16-17-18-19-24(4)27-21-25(30(8,9)22-29(5,6)7)20-26(28(27)31)23(3)11-2/h20-21,23-24,31H,10-19,22H2,1-9H3. The van der Waals surface area contributed by atoms with Crippen molar-refractivity contribution in [2.75, 3.05) is 0 Å². The van der Waals surface area contributed by atoms with Gasteiger partial charge in [-0.05, 0) is 58.6 Å². The number of benzene rings is 1. The maximum atomic E-state index is 11.2. The first-order valence-corrected chi connectivity index (χ1v) is 13.3. The lowest BCUT2D eigenvalue weighted by molar-refractivity contribution is 0.283. The van der Waals surface area contributed by atoms with Crippen LogP contribution in [0.4, 0.5) is 0 Å². The first kappa shape index (κ1) is 28.1. The predicted octanol–water partition coefficient (Wildman–Crippen LogP) is 10.3. The summed E-state index contributed by atoms with van der Waals surface area (Å²) < 4.78 is 0. The molecule has 0 aliphatic rings. The molecule has 31 heavy (non-hydrogen) atoms. The minimum absolute atomic E-state index is 0.0983. The van der Waals surface area contributed by atoms with E-state index in [1.807, 2.05) is 0 Å². The number of unbranched alkanes of at least 4 members (excludes halogenated alkanes) is 7. The fourth-order valence-corrected chi connectivity index (χ4v) is 5.21. The van der Waals surface area contributed by atoms with Gasteiger partial charge in [0.1, 0.15) is 5.75 Å². The van der Waals surface area contributed by atoms with E-state index in [1.165, 1.54) is 68.9 Å². The van der Waals surface area contributed by atoms with Gasteiger partial charge in [0.25, 0.3) is 0 Å². The molecule has 0 saturated heterocycles. The van der Waals surface area contributed by atoms with E-state index in [4.69, 9.17) is 0 Å². The van der Waals surface area contributed by atoms with Gasteiger partial charge in [-0.15, -0.1) is 0 Å². The molecule has 1 heteroatoms. The zero-order valence-corrected chi connectivity index (χ0v) is 22.5. The Labute approximate surface area is 195 Å². The van der Waals surface area contributed by atoms with Crippen molar-refractivity contribution < 1.29 is 5.11 Å². The van der Waals surface area contributed by atoms with Crippen molar-refractivity contribution >= 4 is 0 Å². The molecule has 0 aliphatic heterocycles. The Balaban J connectivity index is 2.95. The van der Waals surface area contributed by atoms with Crippen LogP contribution in [-0.2, 0) is 5.41 Å². The summed E-state index contributed by atoms with van der Waals surface area (Å²) in [7, 11) is 0. The highest BCUT2D eigenvalue weighted by atomic mass is 16.3. The van der Waals surface area contributed by atoms with Gasteiger partial charge in [-0.25, -0.2) is 0 Å². The summed E-state index contributed by atoms with van der Waals surface area (Å²) in [4.78, 5) is 0. The van der Waals surface area contributed by atoms with Gasteiger partial charge in [0.15, 0.2) is 0 Å².